The molecule has 1 amide bonds. The van der Waals surface area contributed by atoms with E-state index in [1.165, 1.54) is 13.2 Å². The summed E-state index contributed by atoms with van der Waals surface area (Å²) in [6.07, 6.45) is -3.20. The first-order valence-electron chi connectivity index (χ1n) is 6.83. The molecule has 0 unspecified atom stereocenters. The molecule has 0 saturated heterocycles. The van der Waals surface area contributed by atoms with Crippen LogP contribution in [0.25, 0.3) is 0 Å². The summed E-state index contributed by atoms with van der Waals surface area (Å²) in [6, 6.07) is 4.75. The first-order valence-corrected chi connectivity index (χ1v) is 6.83. The van der Waals surface area contributed by atoms with E-state index in [0.717, 1.165) is 25.0 Å². The van der Waals surface area contributed by atoms with Crippen molar-refractivity contribution in [2.75, 3.05) is 7.11 Å². The number of hydrogen-bond donors (Lipinski definition) is 1. The predicted octanol–water partition coefficient (Wildman–Crippen LogP) is 3.31. The van der Waals surface area contributed by atoms with Crippen molar-refractivity contribution in [3.05, 3.63) is 35.4 Å². The summed E-state index contributed by atoms with van der Waals surface area (Å²) < 4.78 is 43.3. The van der Waals surface area contributed by atoms with Gasteiger partial charge in [0.1, 0.15) is 6.10 Å². The van der Waals surface area contributed by atoms with Crippen molar-refractivity contribution in [3.8, 4) is 0 Å². The molecule has 1 saturated carbocycles. The largest absolute Gasteiger partial charge is 0.416 e. The van der Waals surface area contributed by atoms with Crippen molar-refractivity contribution >= 4 is 5.91 Å². The van der Waals surface area contributed by atoms with Gasteiger partial charge in [-0.3, -0.25) is 4.79 Å². The van der Waals surface area contributed by atoms with Gasteiger partial charge in [0.15, 0.2) is 0 Å². The van der Waals surface area contributed by atoms with Crippen molar-refractivity contribution < 1.29 is 22.7 Å². The molecule has 3 nitrogen and oxygen atoms in total. The number of hydrogen-bond acceptors (Lipinski definition) is 2. The highest BCUT2D eigenvalue weighted by Gasteiger charge is 2.36. The second-order valence-corrected chi connectivity index (χ2v) is 5.32. The van der Waals surface area contributed by atoms with Gasteiger partial charge in [0, 0.05) is 7.11 Å². The number of carbonyl (C=O) groups is 1. The Hall–Kier alpha value is -1.56. The minimum Gasteiger partial charge on any atom is -0.372 e. The summed E-state index contributed by atoms with van der Waals surface area (Å²) >= 11 is 0. The van der Waals surface area contributed by atoms with E-state index >= 15 is 0 Å². The quantitative estimate of drug-likeness (QED) is 0.906. The molecule has 0 heterocycles. The lowest BCUT2D eigenvalue weighted by atomic mass is 9.99. The van der Waals surface area contributed by atoms with Crippen molar-refractivity contribution in [2.45, 2.75) is 38.1 Å². The van der Waals surface area contributed by atoms with E-state index in [9.17, 15) is 18.0 Å². The van der Waals surface area contributed by atoms with Gasteiger partial charge < -0.3 is 10.1 Å². The highest BCUT2D eigenvalue weighted by atomic mass is 19.4. The van der Waals surface area contributed by atoms with Gasteiger partial charge in [0.2, 0.25) is 5.91 Å². The summed E-state index contributed by atoms with van der Waals surface area (Å²) in [7, 11) is 1.42. The summed E-state index contributed by atoms with van der Waals surface area (Å²) in [5, 5.41) is 2.79. The second-order valence-electron chi connectivity index (χ2n) is 5.32. The molecule has 2 atom stereocenters. The summed E-state index contributed by atoms with van der Waals surface area (Å²) in [6.45, 7) is 1.60. The Labute approximate surface area is 121 Å². The molecule has 1 aromatic rings. The van der Waals surface area contributed by atoms with Crippen LogP contribution in [0.4, 0.5) is 13.2 Å². The fraction of sp³-hybridized carbons (Fsp3) is 0.533. The second kappa shape index (κ2) is 6.05. The molecule has 1 aliphatic carbocycles. The number of alkyl halides is 3. The summed E-state index contributed by atoms with van der Waals surface area (Å²) in [4.78, 5) is 11.9. The molecule has 1 N–H and O–H groups in total. The number of ether oxygens (including phenoxy) is 1. The Morgan fingerprint density at radius 1 is 1.38 bits per heavy atom. The average molecular weight is 301 g/mol. The molecule has 6 heteroatoms. The van der Waals surface area contributed by atoms with E-state index in [1.54, 1.807) is 13.0 Å². The Bertz CT molecular complexity index is 512. The van der Waals surface area contributed by atoms with Crippen LogP contribution in [-0.4, -0.2) is 19.1 Å². The number of halogens is 3. The topological polar surface area (TPSA) is 38.3 Å². The Morgan fingerprint density at radius 3 is 2.57 bits per heavy atom. The molecule has 1 aromatic carbocycles. The molecule has 0 radical (unpaired) electrons. The average Bonchev–Trinajstić information content (AvgIpc) is 3.27. The van der Waals surface area contributed by atoms with Crippen LogP contribution >= 0.6 is 0 Å². The van der Waals surface area contributed by atoms with E-state index in [2.05, 4.69) is 5.32 Å². The van der Waals surface area contributed by atoms with E-state index in [0.29, 0.717) is 5.56 Å². The van der Waals surface area contributed by atoms with Crippen LogP contribution in [0.3, 0.4) is 0 Å². The normalized spacial score (nSPS) is 18.1. The first-order chi connectivity index (χ1) is 9.82. The van der Waals surface area contributed by atoms with Crippen LogP contribution in [0.1, 0.15) is 36.9 Å². The predicted molar refractivity (Wildman–Crippen MR) is 71.5 cm³/mol. The van der Waals surface area contributed by atoms with Crippen LogP contribution in [-0.2, 0) is 15.7 Å². The Morgan fingerprint density at radius 2 is 2.05 bits per heavy atom. The van der Waals surface area contributed by atoms with Crippen LogP contribution in [0, 0.1) is 5.92 Å². The third kappa shape index (κ3) is 3.97. The van der Waals surface area contributed by atoms with Gasteiger partial charge >= 0.3 is 6.18 Å². The molecular weight excluding hydrogens is 283 g/mol. The first kappa shape index (κ1) is 15.8. The van der Waals surface area contributed by atoms with Crippen molar-refractivity contribution in [3.63, 3.8) is 0 Å². The molecule has 1 fully saturated rings. The van der Waals surface area contributed by atoms with Gasteiger partial charge in [-0.2, -0.15) is 13.2 Å². The number of benzene rings is 1. The summed E-state index contributed by atoms with van der Waals surface area (Å²) in [5.74, 6) is -0.117. The molecule has 116 valence electrons. The minimum atomic E-state index is -4.38. The summed E-state index contributed by atoms with van der Waals surface area (Å²) in [5.41, 5.74) is -0.205. The van der Waals surface area contributed by atoms with Crippen LogP contribution in [0.15, 0.2) is 24.3 Å². The third-order valence-corrected chi connectivity index (χ3v) is 3.69. The van der Waals surface area contributed by atoms with E-state index in [4.69, 9.17) is 4.74 Å². The zero-order valence-corrected chi connectivity index (χ0v) is 11.9. The van der Waals surface area contributed by atoms with Gasteiger partial charge in [-0.25, -0.2) is 0 Å². The zero-order chi connectivity index (χ0) is 15.6. The Balaban J connectivity index is 2.21. The van der Waals surface area contributed by atoms with Gasteiger partial charge in [0.05, 0.1) is 11.6 Å². The molecule has 2 rings (SSSR count). The standard InChI is InChI=1S/C15H18F3NO2/c1-9(21-2)14(20)19-13(10-6-7-10)11-4-3-5-12(8-11)15(16,17)18/h3-5,8-10,13H,6-7H2,1-2H3,(H,19,20)/t9-,13-/m1/s1. The van der Waals surface area contributed by atoms with Crippen molar-refractivity contribution in [2.24, 2.45) is 5.92 Å². The molecule has 0 spiro atoms. The van der Waals surface area contributed by atoms with Crippen molar-refractivity contribution in [1.29, 1.82) is 0 Å². The molecule has 0 bridgehead atoms. The fourth-order valence-corrected chi connectivity index (χ4v) is 2.19. The fourth-order valence-electron chi connectivity index (χ4n) is 2.19. The van der Waals surface area contributed by atoms with Gasteiger partial charge in [0.25, 0.3) is 0 Å². The van der Waals surface area contributed by atoms with Gasteiger partial charge in [-0.05, 0) is 43.4 Å². The zero-order valence-electron chi connectivity index (χ0n) is 11.9. The van der Waals surface area contributed by atoms with Crippen LogP contribution in [0.5, 0.6) is 0 Å². The lowest BCUT2D eigenvalue weighted by molar-refractivity contribution is -0.137. The third-order valence-electron chi connectivity index (χ3n) is 3.69. The number of methoxy groups -OCH3 is 1. The lowest BCUT2D eigenvalue weighted by Crippen LogP contribution is -2.37. The maximum atomic E-state index is 12.8. The SMILES string of the molecule is CO[C@H](C)C(=O)N[C@@H](c1cccc(C(F)(F)F)c1)C1CC1. The van der Waals surface area contributed by atoms with Crippen molar-refractivity contribution in [1.82, 2.24) is 5.32 Å². The molecule has 1 aliphatic rings. The van der Waals surface area contributed by atoms with Crippen LogP contribution in [0.2, 0.25) is 0 Å². The maximum Gasteiger partial charge on any atom is 0.416 e. The van der Waals surface area contributed by atoms with E-state index in [1.807, 2.05) is 0 Å². The molecule has 21 heavy (non-hydrogen) atoms. The maximum absolute atomic E-state index is 12.8. The Kier molecular flexibility index (Phi) is 4.56. The highest BCUT2D eigenvalue weighted by molar-refractivity contribution is 5.80. The molecule has 0 aromatic heterocycles. The monoisotopic (exact) mass is 301 g/mol. The highest BCUT2D eigenvalue weighted by Crippen LogP contribution is 2.42. The molecular formula is C15H18F3NO2. The van der Waals surface area contributed by atoms with Gasteiger partial charge in [-0.1, -0.05) is 12.1 Å². The number of nitrogens with one attached hydrogen (secondary N) is 1. The molecule has 0 aliphatic heterocycles. The number of amides is 1. The lowest BCUT2D eigenvalue weighted by Gasteiger charge is -2.21. The number of carbonyl (C=O) groups excluding carboxylic acids is 1. The van der Waals surface area contributed by atoms with E-state index < -0.39 is 23.9 Å². The minimum absolute atomic E-state index is 0.196. The van der Waals surface area contributed by atoms with Gasteiger partial charge in [-0.15, -0.1) is 0 Å². The smallest absolute Gasteiger partial charge is 0.372 e. The number of rotatable bonds is 5. The van der Waals surface area contributed by atoms with Crippen LogP contribution < -0.4 is 5.32 Å². The van der Waals surface area contributed by atoms with E-state index in [-0.39, 0.29) is 11.8 Å².